The van der Waals surface area contributed by atoms with Crippen molar-refractivity contribution in [1.82, 2.24) is 0 Å². The van der Waals surface area contributed by atoms with E-state index in [4.69, 9.17) is 16.3 Å². The van der Waals surface area contributed by atoms with Crippen LogP contribution in [0.25, 0.3) is 0 Å². The van der Waals surface area contributed by atoms with Crippen LogP contribution in [-0.2, 0) is 20.7 Å². The summed E-state index contributed by atoms with van der Waals surface area (Å²) in [7, 11) is 0. The molecular formula is C20H22ClFN2O3. The fourth-order valence-electron chi connectivity index (χ4n) is 2.58. The number of hydrogen-bond acceptors (Lipinski definition) is 4. The quantitative estimate of drug-likeness (QED) is 0.688. The van der Waals surface area contributed by atoms with E-state index < -0.39 is 24.3 Å². The largest absolute Gasteiger partial charge is 0.455 e. The van der Waals surface area contributed by atoms with E-state index in [0.717, 1.165) is 18.8 Å². The molecule has 0 bridgehead atoms. The first-order valence-electron chi connectivity index (χ1n) is 8.68. The number of nitrogens with zero attached hydrogens (tertiary/aromatic N) is 1. The molecule has 0 saturated carbocycles. The van der Waals surface area contributed by atoms with Gasteiger partial charge in [-0.1, -0.05) is 17.7 Å². The van der Waals surface area contributed by atoms with Gasteiger partial charge >= 0.3 is 5.97 Å². The summed E-state index contributed by atoms with van der Waals surface area (Å²) in [5, 5.41) is 2.79. The highest BCUT2D eigenvalue weighted by molar-refractivity contribution is 6.31. The third-order valence-electron chi connectivity index (χ3n) is 4.03. The predicted molar refractivity (Wildman–Crippen MR) is 105 cm³/mol. The van der Waals surface area contributed by atoms with Gasteiger partial charge in [0.15, 0.2) is 6.61 Å². The summed E-state index contributed by atoms with van der Waals surface area (Å²) in [5.41, 5.74) is 1.71. The van der Waals surface area contributed by atoms with Gasteiger partial charge in [0.05, 0.1) is 6.42 Å². The molecule has 1 N–H and O–H groups in total. The van der Waals surface area contributed by atoms with Crippen molar-refractivity contribution >= 4 is 34.9 Å². The zero-order valence-corrected chi connectivity index (χ0v) is 16.1. The minimum absolute atomic E-state index is 0.0524. The van der Waals surface area contributed by atoms with Crippen molar-refractivity contribution in [2.45, 2.75) is 20.3 Å². The predicted octanol–water partition coefficient (Wildman–Crippen LogP) is 4.05. The molecule has 7 heteroatoms. The van der Waals surface area contributed by atoms with Crippen LogP contribution in [0.3, 0.4) is 0 Å². The fraction of sp³-hybridized carbons (Fsp3) is 0.300. The van der Waals surface area contributed by atoms with E-state index in [1.54, 1.807) is 12.1 Å². The normalized spacial score (nSPS) is 10.4. The van der Waals surface area contributed by atoms with Gasteiger partial charge in [0, 0.05) is 35.1 Å². The van der Waals surface area contributed by atoms with Crippen LogP contribution in [0.4, 0.5) is 15.8 Å². The third-order valence-corrected chi connectivity index (χ3v) is 4.38. The van der Waals surface area contributed by atoms with E-state index in [-0.39, 0.29) is 17.0 Å². The van der Waals surface area contributed by atoms with Crippen molar-refractivity contribution in [2.75, 3.05) is 29.9 Å². The molecule has 2 aromatic rings. The number of amides is 1. The Balaban J connectivity index is 1.84. The van der Waals surface area contributed by atoms with E-state index in [2.05, 4.69) is 24.1 Å². The van der Waals surface area contributed by atoms with Crippen LogP contribution >= 0.6 is 11.6 Å². The lowest BCUT2D eigenvalue weighted by molar-refractivity contribution is -0.146. The molecule has 2 aromatic carbocycles. The lowest BCUT2D eigenvalue weighted by Gasteiger charge is -2.21. The molecular weight excluding hydrogens is 371 g/mol. The molecule has 0 radical (unpaired) electrons. The number of nitrogens with one attached hydrogen (secondary N) is 1. The summed E-state index contributed by atoms with van der Waals surface area (Å²) in [6, 6.07) is 11.5. The van der Waals surface area contributed by atoms with Crippen LogP contribution in [0, 0.1) is 5.82 Å². The Kier molecular flexibility index (Phi) is 7.61. The number of anilines is 2. The Morgan fingerprint density at radius 3 is 2.37 bits per heavy atom. The molecule has 0 heterocycles. The molecule has 0 aliphatic rings. The maximum atomic E-state index is 13.7. The lowest BCUT2D eigenvalue weighted by atomic mass is 10.1. The number of benzene rings is 2. The number of esters is 1. The van der Waals surface area contributed by atoms with Crippen molar-refractivity contribution in [3.63, 3.8) is 0 Å². The van der Waals surface area contributed by atoms with Crippen LogP contribution < -0.4 is 10.2 Å². The third kappa shape index (κ3) is 5.96. The molecule has 27 heavy (non-hydrogen) atoms. The molecule has 2 rings (SSSR count). The van der Waals surface area contributed by atoms with Gasteiger partial charge in [-0.25, -0.2) is 4.39 Å². The number of carbonyl (C=O) groups is 2. The number of halogens is 2. The van der Waals surface area contributed by atoms with Gasteiger partial charge in [0.25, 0.3) is 5.91 Å². The van der Waals surface area contributed by atoms with Crippen molar-refractivity contribution < 1.29 is 18.7 Å². The van der Waals surface area contributed by atoms with Gasteiger partial charge in [0.2, 0.25) is 0 Å². The average molecular weight is 393 g/mol. The Bertz CT molecular complexity index is 772. The van der Waals surface area contributed by atoms with Crippen LogP contribution in [0.2, 0.25) is 5.02 Å². The highest BCUT2D eigenvalue weighted by Crippen LogP contribution is 2.20. The summed E-state index contributed by atoms with van der Waals surface area (Å²) in [4.78, 5) is 25.9. The van der Waals surface area contributed by atoms with E-state index in [1.165, 1.54) is 18.2 Å². The van der Waals surface area contributed by atoms with E-state index in [1.807, 2.05) is 12.1 Å². The lowest BCUT2D eigenvalue weighted by Crippen LogP contribution is -2.23. The maximum absolute atomic E-state index is 13.7. The molecule has 0 aliphatic heterocycles. The highest BCUT2D eigenvalue weighted by atomic mass is 35.5. The van der Waals surface area contributed by atoms with Crippen molar-refractivity contribution in [3.8, 4) is 0 Å². The Morgan fingerprint density at radius 2 is 1.78 bits per heavy atom. The fourth-order valence-corrected chi connectivity index (χ4v) is 2.81. The topological polar surface area (TPSA) is 58.6 Å². The first kappa shape index (κ1) is 20.7. The second-order valence-electron chi connectivity index (χ2n) is 5.81. The zero-order valence-electron chi connectivity index (χ0n) is 15.3. The minimum Gasteiger partial charge on any atom is -0.455 e. The molecule has 0 unspecified atom stereocenters. The van der Waals surface area contributed by atoms with Crippen LogP contribution in [0.5, 0.6) is 0 Å². The average Bonchev–Trinajstić information content (AvgIpc) is 2.65. The highest BCUT2D eigenvalue weighted by Gasteiger charge is 2.14. The first-order chi connectivity index (χ1) is 12.9. The molecule has 0 saturated heterocycles. The summed E-state index contributed by atoms with van der Waals surface area (Å²) in [6.07, 6.45) is -0.336. The van der Waals surface area contributed by atoms with Crippen molar-refractivity contribution in [2.24, 2.45) is 0 Å². The molecule has 144 valence electrons. The standard InChI is InChI=1S/C20H22ClFN2O3/c1-3-24(4-2)15-10-8-14(9-11-15)23-19(25)13-27-20(26)12-16-17(21)6-5-7-18(16)22/h5-11H,3-4,12-13H2,1-2H3,(H,23,25). The van der Waals surface area contributed by atoms with Gasteiger partial charge in [-0.05, 0) is 50.2 Å². The molecule has 0 aromatic heterocycles. The summed E-state index contributed by atoms with van der Waals surface area (Å²) >= 11 is 5.87. The molecule has 1 amide bonds. The summed E-state index contributed by atoms with van der Waals surface area (Å²) in [5.74, 6) is -1.79. The van der Waals surface area contributed by atoms with E-state index in [0.29, 0.717) is 5.69 Å². The molecule has 5 nitrogen and oxygen atoms in total. The van der Waals surface area contributed by atoms with Crippen LogP contribution in [-0.4, -0.2) is 31.6 Å². The molecule has 0 aliphatic carbocycles. The van der Waals surface area contributed by atoms with Crippen molar-refractivity contribution in [3.05, 3.63) is 58.9 Å². The van der Waals surface area contributed by atoms with Gasteiger partial charge < -0.3 is 15.0 Å². The maximum Gasteiger partial charge on any atom is 0.310 e. The Labute approximate surface area is 163 Å². The zero-order chi connectivity index (χ0) is 19.8. The van der Waals surface area contributed by atoms with Crippen LogP contribution in [0.1, 0.15) is 19.4 Å². The number of carbonyl (C=O) groups excluding carboxylic acids is 2. The first-order valence-corrected chi connectivity index (χ1v) is 9.05. The van der Waals surface area contributed by atoms with Gasteiger partial charge in [-0.2, -0.15) is 0 Å². The molecule has 0 spiro atoms. The summed E-state index contributed by atoms with van der Waals surface area (Å²) in [6.45, 7) is 5.47. The SMILES string of the molecule is CCN(CC)c1ccc(NC(=O)COC(=O)Cc2c(F)cccc2Cl)cc1. The van der Waals surface area contributed by atoms with Gasteiger partial charge in [-0.15, -0.1) is 0 Å². The minimum atomic E-state index is -0.728. The Hall–Kier alpha value is -2.60. The second kappa shape index (κ2) is 9.92. The van der Waals surface area contributed by atoms with Gasteiger partial charge in [-0.3, -0.25) is 9.59 Å². The monoisotopic (exact) mass is 392 g/mol. The summed E-state index contributed by atoms with van der Waals surface area (Å²) < 4.78 is 18.6. The molecule has 0 atom stereocenters. The number of rotatable bonds is 8. The number of hydrogen-bond donors (Lipinski definition) is 1. The smallest absolute Gasteiger partial charge is 0.310 e. The van der Waals surface area contributed by atoms with Crippen molar-refractivity contribution in [1.29, 1.82) is 0 Å². The van der Waals surface area contributed by atoms with E-state index >= 15 is 0 Å². The Morgan fingerprint density at radius 1 is 1.11 bits per heavy atom. The van der Waals surface area contributed by atoms with E-state index in [9.17, 15) is 14.0 Å². The molecule has 0 fully saturated rings. The second-order valence-corrected chi connectivity index (χ2v) is 6.21. The van der Waals surface area contributed by atoms with Gasteiger partial charge in [0.1, 0.15) is 5.82 Å². The number of ether oxygens (including phenoxy) is 1. The van der Waals surface area contributed by atoms with Crippen LogP contribution in [0.15, 0.2) is 42.5 Å².